The topological polar surface area (TPSA) is 37.8 Å². The minimum atomic E-state index is 0.574. The van der Waals surface area contributed by atoms with Crippen LogP contribution in [0.25, 0.3) is 0 Å². The lowest BCUT2D eigenvalue weighted by molar-refractivity contribution is 0.339. The molecule has 0 atom stereocenters. The Hall–Kier alpha value is -1.12. The van der Waals surface area contributed by atoms with Crippen LogP contribution < -0.4 is 5.32 Å². The summed E-state index contributed by atoms with van der Waals surface area (Å²) >= 11 is 0. The highest BCUT2D eigenvalue weighted by molar-refractivity contribution is 5.36. The molecule has 0 saturated heterocycles. The van der Waals surface area contributed by atoms with Gasteiger partial charge in [0.1, 0.15) is 11.6 Å². The normalized spacial score (nSPS) is 23.3. The summed E-state index contributed by atoms with van der Waals surface area (Å²) in [5, 5.41) is 3.34. The lowest BCUT2D eigenvalue weighted by Gasteiger charge is -2.25. The number of anilines is 1. The van der Waals surface area contributed by atoms with Crippen LogP contribution in [-0.2, 0) is 6.42 Å². The first-order valence-corrected chi connectivity index (χ1v) is 7.84. The molecule has 1 aliphatic rings. The van der Waals surface area contributed by atoms with Crippen molar-refractivity contribution >= 4 is 5.82 Å². The third kappa shape index (κ3) is 3.92. The minimum absolute atomic E-state index is 0.574. The molecule has 0 aliphatic heterocycles. The summed E-state index contributed by atoms with van der Waals surface area (Å²) < 4.78 is 0. The van der Waals surface area contributed by atoms with E-state index < -0.39 is 0 Å². The zero-order valence-corrected chi connectivity index (χ0v) is 12.6. The van der Waals surface area contributed by atoms with Gasteiger partial charge in [0.05, 0.1) is 0 Å². The SMILES string of the molecule is CCCc1cc(NCC)nc(C2CCC(C)CC2)n1. The summed E-state index contributed by atoms with van der Waals surface area (Å²) in [6.07, 6.45) is 7.34. The third-order valence-electron chi connectivity index (χ3n) is 4.04. The van der Waals surface area contributed by atoms with Crippen molar-refractivity contribution in [1.82, 2.24) is 9.97 Å². The number of hydrogen-bond acceptors (Lipinski definition) is 3. The van der Waals surface area contributed by atoms with Crippen molar-refractivity contribution < 1.29 is 0 Å². The quantitative estimate of drug-likeness (QED) is 0.865. The van der Waals surface area contributed by atoms with Crippen molar-refractivity contribution in [2.75, 3.05) is 11.9 Å². The fraction of sp³-hybridized carbons (Fsp3) is 0.750. The summed E-state index contributed by atoms with van der Waals surface area (Å²) in [4.78, 5) is 9.53. The van der Waals surface area contributed by atoms with E-state index in [1.54, 1.807) is 0 Å². The number of nitrogens with zero attached hydrogens (tertiary/aromatic N) is 2. The van der Waals surface area contributed by atoms with E-state index in [4.69, 9.17) is 9.97 Å². The summed E-state index contributed by atoms with van der Waals surface area (Å²) in [5.74, 6) is 3.54. The fourth-order valence-corrected chi connectivity index (χ4v) is 2.87. The molecule has 1 aromatic heterocycles. The summed E-state index contributed by atoms with van der Waals surface area (Å²) in [6, 6.07) is 2.11. The van der Waals surface area contributed by atoms with Gasteiger partial charge in [-0.25, -0.2) is 9.97 Å². The molecule has 2 rings (SSSR count). The Morgan fingerprint density at radius 1 is 1.16 bits per heavy atom. The van der Waals surface area contributed by atoms with Gasteiger partial charge in [-0.1, -0.05) is 33.1 Å². The van der Waals surface area contributed by atoms with Gasteiger partial charge in [-0.15, -0.1) is 0 Å². The van der Waals surface area contributed by atoms with Crippen LogP contribution in [0, 0.1) is 5.92 Å². The van der Waals surface area contributed by atoms with Crippen molar-refractivity contribution in [1.29, 1.82) is 0 Å². The third-order valence-corrected chi connectivity index (χ3v) is 4.04. The molecule has 1 fully saturated rings. The summed E-state index contributed by atoms with van der Waals surface area (Å²) in [5.41, 5.74) is 1.20. The molecule has 0 spiro atoms. The minimum Gasteiger partial charge on any atom is -0.370 e. The lowest BCUT2D eigenvalue weighted by atomic mass is 9.82. The smallest absolute Gasteiger partial charge is 0.134 e. The van der Waals surface area contributed by atoms with E-state index in [1.807, 2.05) is 0 Å². The van der Waals surface area contributed by atoms with Gasteiger partial charge in [-0.2, -0.15) is 0 Å². The molecular formula is C16H27N3. The Labute approximate surface area is 117 Å². The number of nitrogens with one attached hydrogen (secondary N) is 1. The number of aryl methyl sites for hydroxylation is 1. The first kappa shape index (κ1) is 14.3. The van der Waals surface area contributed by atoms with Crippen LogP contribution in [0.4, 0.5) is 5.82 Å². The summed E-state index contributed by atoms with van der Waals surface area (Å²) in [6.45, 7) is 7.60. The average molecular weight is 261 g/mol. The van der Waals surface area contributed by atoms with Crippen molar-refractivity contribution in [2.45, 2.75) is 65.2 Å². The number of hydrogen-bond donors (Lipinski definition) is 1. The molecule has 19 heavy (non-hydrogen) atoms. The molecule has 1 heterocycles. The lowest BCUT2D eigenvalue weighted by Crippen LogP contribution is -2.15. The molecule has 3 heteroatoms. The fourth-order valence-electron chi connectivity index (χ4n) is 2.87. The monoisotopic (exact) mass is 261 g/mol. The average Bonchev–Trinajstić information content (AvgIpc) is 2.40. The zero-order chi connectivity index (χ0) is 13.7. The first-order chi connectivity index (χ1) is 9.22. The molecule has 0 amide bonds. The van der Waals surface area contributed by atoms with Gasteiger partial charge in [0.25, 0.3) is 0 Å². The van der Waals surface area contributed by atoms with Gasteiger partial charge >= 0.3 is 0 Å². The van der Waals surface area contributed by atoms with E-state index in [0.29, 0.717) is 5.92 Å². The Bertz CT molecular complexity index is 371. The number of rotatable bonds is 5. The Morgan fingerprint density at radius 2 is 1.89 bits per heavy atom. The highest BCUT2D eigenvalue weighted by Crippen LogP contribution is 2.34. The molecule has 1 N–H and O–H groups in total. The van der Waals surface area contributed by atoms with Crippen molar-refractivity contribution in [2.24, 2.45) is 5.92 Å². The molecule has 106 valence electrons. The molecular weight excluding hydrogens is 234 g/mol. The molecule has 0 radical (unpaired) electrons. The Kier molecular flexibility index (Phi) is 5.17. The second-order valence-corrected chi connectivity index (χ2v) is 5.84. The maximum Gasteiger partial charge on any atom is 0.134 e. The Balaban J connectivity index is 2.17. The molecule has 0 unspecified atom stereocenters. The zero-order valence-electron chi connectivity index (χ0n) is 12.6. The van der Waals surface area contributed by atoms with E-state index in [0.717, 1.165) is 36.9 Å². The predicted octanol–water partition coefficient (Wildman–Crippen LogP) is 4.15. The maximum absolute atomic E-state index is 4.80. The van der Waals surface area contributed by atoms with Gasteiger partial charge in [-0.3, -0.25) is 0 Å². The largest absolute Gasteiger partial charge is 0.370 e. The van der Waals surface area contributed by atoms with Crippen LogP contribution >= 0.6 is 0 Å². The van der Waals surface area contributed by atoms with Gasteiger partial charge in [-0.05, 0) is 32.1 Å². The van der Waals surface area contributed by atoms with Gasteiger partial charge < -0.3 is 5.32 Å². The van der Waals surface area contributed by atoms with Crippen LogP contribution in [0.2, 0.25) is 0 Å². The van der Waals surface area contributed by atoms with E-state index in [9.17, 15) is 0 Å². The number of aromatic nitrogens is 2. The molecule has 3 nitrogen and oxygen atoms in total. The highest BCUT2D eigenvalue weighted by atomic mass is 15.0. The molecule has 0 bridgehead atoms. The second-order valence-electron chi connectivity index (χ2n) is 5.84. The van der Waals surface area contributed by atoms with Crippen molar-refractivity contribution in [3.8, 4) is 0 Å². The predicted molar refractivity (Wildman–Crippen MR) is 80.6 cm³/mol. The van der Waals surface area contributed by atoms with Crippen LogP contribution in [0.15, 0.2) is 6.07 Å². The summed E-state index contributed by atoms with van der Waals surface area (Å²) in [7, 11) is 0. The van der Waals surface area contributed by atoms with Crippen LogP contribution in [0.3, 0.4) is 0 Å². The van der Waals surface area contributed by atoms with Crippen LogP contribution in [0.5, 0.6) is 0 Å². The standard InChI is InChI=1S/C16H27N3/c1-4-6-14-11-15(17-5-2)19-16(18-14)13-9-7-12(3)8-10-13/h11-13H,4-10H2,1-3H3,(H,17,18,19). The molecule has 1 saturated carbocycles. The highest BCUT2D eigenvalue weighted by Gasteiger charge is 2.22. The van der Waals surface area contributed by atoms with E-state index in [-0.39, 0.29) is 0 Å². The molecule has 1 aromatic rings. The van der Waals surface area contributed by atoms with E-state index >= 15 is 0 Å². The maximum atomic E-state index is 4.80. The van der Waals surface area contributed by atoms with Crippen LogP contribution in [-0.4, -0.2) is 16.5 Å². The Morgan fingerprint density at radius 3 is 2.53 bits per heavy atom. The van der Waals surface area contributed by atoms with Crippen LogP contribution in [0.1, 0.15) is 70.3 Å². The van der Waals surface area contributed by atoms with Gasteiger partial charge in [0.2, 0.25) is 0 Å². The van der Waals surface area contributed by atoms with Crippen molar-refractivity contribution in [3.63, 3.8) is 0 Å². The second kappa shape index (κ2) is 6.88. The van der Waals surface area contributed by atoms with Crippen molar-refractivity contribution in [3.05, 3.63) is 17.6 Å². The van der Waals surface area contributed by atoms with E-state index in [2.05, 4.69) is 32.2 Å². The van der Waals surface area contributed by atoms with Gasteiger partial charge in [0, 0.05) is 24.2 Å². The van der Waals surface area contributed by atoms with E-state index in [1.165, 1.54) is 31.4 Å². The molecule has 1 aliphatic carbocycles. The molecule has 0 aromatic carbocycles. The first-order valence-electron chi connectivity index (χ1n) is 7.84. The van der Waals surface area contributed by atoms with Gasteiger partial charge in [0.15, 0.2) is 0 Å².